The van der Waals surface area contributed by atoms with E-state index in [1.54, 1.807) is 13.8 Å². The Kier molecular flexibility index (Phi) is 7.72. The summed E-state index contributed by atoms with van der Waals surface area (Å²) in [5.41, 5.74) is 0. The highest BCUT2D eigenvalue weighted by Crippen LogP contribution is 2.49. The standard InChI is InChI=1S/C9H23O5PSi/c1-6-11-15(10,12-7-2)13-9-16(4,5)14-8-3/h6-9H2,1-5H3. The predicted octanol–water partition coefficient (Wildman–Crippen LogP) is 2.96. The fourth-order valence-electron chi connectivity index (χ4n) is 1.09. The van der Waals surface area contributed by atoms with Crippen molar-refractivity contribution in [1.82, 2.24) is 0 Å². The molecule has 0 N–H and O–H groups in total. The van der Waals surface area contributed by atoms with Crippen molar-refractivity contribution in [3.8, 4) is 0 Å². The third-order valence-electron chi connectivity index (χ3n) is 1.68. The van der Waals surface area contributed by atoms with Gasteiger partial charge in [0.25, 0.3) is 0 Å². The molecule has 98 valence electrons. The van der Waals surface area contributed by atoms with E-state index in [1.807, 2.05) is 20.0 Å². The van der Waals surface area contributed by atoms with Gasteiger partial charge in [-0.05, 0) is 33.9 Å². The minimum Gasteiger partial charge on any atom is -0.415 e. The predicted molar refractivity (Wildman–Crippen MR) is 65.9 cm³/mol. The average Bonchev–Trinajstić information content (AvgIpc) is 2.16. The summed E-state index contributed by atoms with van der Waals surface area (Å²) in [6, 6.07) is 0. The molecule has 0 radical (unpaired) electrons. The fourth-order valence-corrected chi connectivity index (χ4v) is 4.69. The summed E-state index contributed by atoms with van der Waals surface area (Å²) >= 11 is 0. The Balaban J connectivity index is 4.26. The van der Waals surface area contributed by atoms with Crippen LogP contribution in [0.15, 0.2) is 0 Å². The SMILES string of the molecule is CCO[Si](C)(C)COP(=O)(OCC)OCC. The van der Waals surface area contributed by atoms with E-state index < -0.39 is 16.1 Å². The van der Waals surface area contributed by atoms with Gasteiger partial charge in [0.15, 0.2) is 0 Å². The summed E-state index contributed by atoms with van der Waals surface area (Å²) in [7, 11) is -5.31. The van der Waals surface area contributed by atoms with Gasteiger partial charge in [-0.3, -0.25) is 13.6 Å². The largest absolute Gasteiger partial charge is 0.474 e. The Bertz CT molecular complexity index is 224. The second-order valence-electron chi connectivity index (χ2n) is 3.75. The van der Waals surface area contributed by atoms with Crippen molar-refractivity contribution in [2.45, 2.75) is 33.9 Å². The number of phosphoric ester groups is 1. The first-order valence-electron chi connectivity index (χ1n) is 5.56. The molecule has 0 amide bonds. The number of hydrogen-bond donors (Lipinski definition) is 0. The van der Waals surface area contributed by atoms with E-state index in [0.29, 0.717) is 26.1 Å². The highest BCUT2D eigenvalue weighted by atomic mass is 31.2. The second kappa shape index (κ2) is 7.58. The normalized spacial score (nSPS) is 13.1. The van der Waals surface area contributed by atoms with Crippen LogP contribution in [0.25, 0.3) is 0 Å². The van der Waals surface area contributed by atoms with E-state index in [9.17, 15) is 4.57 Å². The van der Waals surface area contributed by atoms with Gasteiger partial charge in [-0.15, -0.1) is 0 Å². The second-order valence-corrected chi connectivity index (χ2v) is 9.51. The van der Waals surface area contributed by atoms with E-state index in [1.165, 1.54) is 0 Å². The monoisotopic (exact) mass is 270 g/mol. The zero-order chi connectivity index (χ0) is 12.7. The van der Waals surface area contributed by atoms with E-state index in [0.717, 1.165) is 0 Å². The van der Waals surface area contributed by atoms with Crippen LogP contribution in [0.3, 0.4) is 0 Å². The van der Waals surface area contributed by atoms with Crippen LogP contribution < -0.4 is 0 Å². The van der Waals surface area contributed by atoms with Crippen molar-refractivity contribution in [3.05, 3.63) is 0 Å². The summed E-state index contributed by atoms with van der Waals surface area (Å²) in [6.45, 7) is 10.7. The zero-order valence-electron chi connectivity index (χ0n) is 10.8. The molecule has 0 aliphatic heterocycles. The summed E-state index contributed by atoms with van der Waals surface area (Å²) in [4.78, 5) is 0. The molecule has 0 aromatic rings. The molecule has 0 rings (SSSR count). The van der Waals surface area contributed by atoms with Crippen molar-refractivity contribution < 1.29 is 22.6 Å². The lowest BCUT2D eigenvalue weighted by Gasteiger charge is -2.24. The molecule has 7 heteroatoms. The minimum absolute atomic E-state index is 0.300. The number of hydrogen-bond acceptors (Lipinski definition) is 5. The highest BCUT2D eigenvalue weighted by molar-refractivity contribution is 7.48. The molecule has 0 aromatic carbocycles. The van der Waals surface area contributed by atoms with Gasteiger partial charge >= 0.3 is 7.82 Å². The quantitative estimate of drug-likeness (QED) is 0.476. The zero-order valence-corrected chi connectivity index (χ0v) is 12.7. The molecule has 0 unspecified atom stereocenters. The van der Waals surface area contributed by atoms with E-state index >= 15 is 0 Å². The maximum atomic E-state index is 12.0. The summed E-state index contributed by atoms with van der Waals surface area (Å²) in [6.07, 6.45) is 0.304. The Labute approximate surface area is 99.2 Å². The van der Waals surface area contributed by atoms with Gasteiger partial charge < -0.3 is 4.43 Å². The first kappa shape index (κ1) is 16.3. The molecule has 0 fully saturated rings. The van der Waals surface area contributed by atoms with Gasteiger partial charge in [0.1, 0.15) is 0 Å². The first-order valence-corrected chi connectivity index (χ1v) is 10.1. The molecule has 0 spiro atoms. The van der Waals surface area contributed by atoms with Crippen molar-refractivity contribution in [1.29, 1.82) is 0 Å². The molecular formula is C9H23O5PSi. The lowest BCUT2D eigenvalue weighted by atomic mass is 10.9. The Morgan fingerprint density at radius 1 is 0.938 bits per heavy atom. The van der Waals surface area contributed by atoms with Crippen molar-refractivity contribution in [2.24, 2.45) is 0 Å². The van der Waals surface area contributed by atoms with Gasteiger partial charge in [-0.25, -0.2) is 4.57 Å². The molecule has 0 aliphatic rings. The third-order valence-corrected chi connectivity index (χ3v) is 5.43. The molecule has 16 heavy (non-hydrogen) atoms. The van der Waals surface area contributed by atoms with Gasteiger partial charge in [0, 0.05) is 6.61 Å². The Morgan fingerprint density at radius 3 is 1.81 bits per heavy atom. The van der Waals surface area contributed by atoms with Crippen molar-refractivity contribution >= 4 is 16.1 Å². The van der Waals surface area contributed by atoms with Crippen LogP contribution in [0.4, 0.5) is 0 Å². The molecule has 0 aliphatic carbocycles. The maximum Gasteiger partial charge on any atom is 0.474 e. The molecule has 0 aromatic heterocycles. The summed E-state index contributed by atoms with van der Waals surface area (Å²) < 4.78 is 32.8. The van der Waals surface area contributed by atoms with Crippen LogP contribution in [0.1, 0.15) is 20.8 Å². The van der Waals surface area contributed by atoms with E-state index in [4.69, 9.17) is 18.0 Å². The van der Waals surface area contributed by atoms with E-state index in [-0.39, 0.29) is 0 Å². The molecule has 0 saturated carbocycles. The summed E-state index contributed by atoms with van der Waals surface area (Å²) in [5.74, 6) is 0. The van der Waals surface area contributed by atoms with Gasteiger partial charge in [0.05, 0.1) is 19.4 Å². The fraction of sp³-hybridized carbons (Fsp3) is 1.00. The Morgan fingerprint density at radius 2 is 1.44 bits per heavy atom. The van der Waals surface area contributed by atoms with Crippen LogP contribution in [-0.4, -0.2) is 34.4 Å². The van der Waals surface area contributed by atoms with Gasteiger partial charge in [-0.2, -0.15) is 0 Å². The van der Waals surface area contributed by atoms with Crippen LogP contribution in [0.2, 0.25) is 13.1 Å². The topological polar surface area (TPSA) is 54.0 Å². The molecular weight excluding hydrogens is 247 g/mol. The van der Waals surface area contributed by atoms with Crippen LogP contribution >= 0.6 is 7.82 Å². The molecule has 0 atom stereocenters. The van der Waals surface area contributed by atoms with Crippen molar-refractivity contribution in [2.75, 3.05) is 26.1 Å². The molecule has 0 bridgehead atoms. The van der Waals surface area contributed by atoms with Crippen LogP contribution in [-0.2, 0) is 22.6 Å². The Hall–Kier alpha value is 0.287. The third kappa shape index (κ3) is 6.78. The maximum absolute atomic E-state index is 12.0. The van der Waals surface area contributed by atoms with Gasteiger partial charge in [-0.1, -0.05) is 0 Å². The van der Waals surface area contributed by atoms with Crippen LogP contribution in [0, 0.1) is 0 Å². The number of phosphoric acid groups is 1. The van der Waals surface area contributed by atoms with Crippen molar-refractivity contribution in [3.63, 3.8) is 0 Å². The average molecular weight is 270 g/mol. The first-order chi connectivity index (χ1) is 7.39. The molecule has 0 saturated heterocycles. The smallest absolute Gasteiger partial charge is 0.415 e. The summed E-state index contributed by atoms with van der Waals surface area (Å²) in [5, 5.41) is 0. The lowest BCUT2D eigenvalue weighted by molar-refractivity contribution is 0.129. The minimum atomic E-state index is -3.38. The number of rotatable bonds is 9. The van der Waals surface area contributed by atoms with Crippen LogP contribution in [0.5, 0.6) is 0 Å². The van der Waals surface area contributed by atoms with Gasteiger partial charge in [0.2, 0.25) is 8.32 Å². The molecule has 5 nitrogen and oxygen atoms in total. The lowest BCUT2D eigenvalue weighted by Crippen LogP contribution is -2.36. The molecule has 0 heterocycles. The highest BCUT2D eigenvalue weighted by Gasteiger charge is 2.31. The van der Waals surface area contributed by atoms with E-state index in [2.05, 4.69) is 0 Å².